The van der Waals surface area contributed by atoms with Gasteiger partial charge in [-0.05, 0) is 48.0 Å². The molecule has 0 aliphatic carbocycles. The Labute approximate surface area is 168 Å². The Morgan fingerprint density at radius 3 is 2.48 bits per heavy atom. The zero-order chi connectivity index (χ0) is 20.7. The normalized spacial score (nSPS) is 13.7. The fourth-order valence-corrected chi connectivity index (χ4v) is 3.04. The van der Waals surface area contributed by atoms with E-state index < -0.39 is 16.0 Å². The van der Waals surface area contributed by atoms with Gasteiger partial charge in [0, 0.05) is 12.5 Å². The maximum atomic E-state index is 11.8. The minimum absolute atomic E-state index is 0.00354. The molecular formula is C20H21NO7S. The first-order valence-electron chi connectivity index (χ1n) is 8.92. The number of primary sulfonamides is 1. The molecule has 0 fully saturated rings. The van der Waals surface area contributed by atoms with Gasteiger partial charge >= 0.3 is 5.97 Å². The standard InChI is InChI=1S/C20H21NO7S/c21-29(23,24)17-6-4-16(5-7-17)25-12-13-28-20(22)9-3-15-2-8-18-19(14-15)27-11-1-10-26-18/h2-9,14H,1,10-13H2,(H2,21,23,24)/b9-3+. The van der Waals surface area contributed by atoms with E-state index in [-0.39, 0.29) is 18.1 Å². The molecule has 29 heavy (non-hydrogen) atoms. The average molecular weight is 419 g/mol. The number of esters is 1. The Morgan fingerprint density at radius 2 is 1.76 bits per heavy atom. The monoisotopic (exact) mass is 419 g/mol. The van der Waals surface area contributed by atoms with Gasteiger partial charge in [0.1, 0.15) is 19.0 Å². The van der Waals surface area contributed by atoms with E-state index in [1.54, 1.807) is 18.2 Å². The van der Waals surface area contributed by atoms with Crippen molar-refractivity contribution >= 4 is 22.1 Å². The first kappa shape index (κ1) is 20.7. The van der Waals surface area contributed by atoms with Crippen molar-refractivity contribution in [2.45, 2.75) is 11.3 Å². The van der Waals surface area contributed by atoms with Gasteiger partial charge in [-0.25, -0.2) is 18.4 Å². The van der Waals surface area contributed by atoms with Gasteiger partial charge in [0.15, 0.2) is 11.5 Å². The van der Waals surface area contributed by atoms with E-state index in [2.05, 4.69) is 0 Å². The van der Waals surface area contributed by atoms with Crippen LogP contribution in [0.1, 0.15) is 12.0 Å². The summed E-state index contributed by atoms with van der Waals surface area (Å²) in [5.41, 5.74) is 0.789. The molecule has 8 nitrogen and oxygen atoms in total. The molecule has 2 aromatic rings. The van der Waals surface area contributed by atoms with E-state index in [1.165, 1.54) is 30.3 Å². The van der Waals surface area contributed by atoms with E-state index in [4.69, 9.17) is 24.1 Å². The molecule has 1 aliphatic heterocycles. The van der Waals surface area contributed by atoms with E-state index in [0.29, 0.717) is 30.5 Å². The van der Waals surface area contributed by atoms with Gasteiger partial charge in [0.2, 0.25) is 10.0 Å². The average Bonchev–Trinajstić information content (AvgIpc) is 2.94. The van der Waals surface area contributed by atoms with Crippen LogP contribution in [0.3, 0.4) is 0 Å². The molecule has 0 saturated heterocycles. The summed E-state index contributed by atoms with van der Waals surface area (Å²) in [6, 6.07) is 11.1. The van der Waals surface area contributed by atoms with Crippen molar-refractivity contribution < 1.29 is 32.2 Å². The van der Waals surface area contributed by atoms with Crippen LogP contribution in [0.5, 0.6) is 17.2 Å². The van der Waals surface area contributed by atoms with E-state index in [9.17, 15) is 13.2 Å². The number of fused-ring (bicyclic) bond motifs is 1. The molecule has 1 aliphatic rings. The maximum absolute atomic E-state index is 11.8. The van der Waals surface area contributed by atoms with Gasteiger partial charge in [-0.3, -0.25) is 0 Å². The number of carbonyl (C=O) groups excluding carboxylic acids is 1. The lowest BCUT2D eigenvalue weighted by Crippen LogP contribution is -2.12. The Morgan fingerprint density at radius 1 is 1.03 bits per heavy atom. The smallest absolute Gasteiger partial charge is 0.330 e. The van der Waals surface area contributed by atoms with Crippen molar-refractivity contribution in [3.05, 3.63) is 54.1 Å². The van der Waals surface area contributed by atoms with E-state index >= 15 is 0 Å². The van der Waals surface area contributed by atoms with Crippen LogP contribution in [0.4, 0.5) is 0 Å². The highest BCUT2D eigenvalue weighted by molar-refractivity contribution is 7.89. The molecule has 0 bridgehead atoms. The number of sulfonamides is 1. The highest BCUT2D eigenvalue weighted by atomic mass is 32.2. The SMILES string of the molecule is NS(=O)(=O)c1ccc(OCCOC(=O)/C=C/c2ccc3c(c2)OCCCO3)cc1. The summed E-state index contributed by atoms with van der Waals surface area (Å²) in [5, 5.41) is 5.03. The Kier molecular flexibility index (Phi) is 6.73. The zero-order valence-electron chi connectivity index (χ0n) is 15.6. The number of nitrogens with two attached hydrogens (primary N) is 1. The molecule has 154 valence electrons. The number of hydrogen-bond acceptors (Lipinski definition) is 7. The molecule has 1 heterocycles. The van der Waals surface area contributed by atoms with Crippen LogP contribution < -0.4 is 19.3 Å². The largest absolute Gasteiger partial charge is 0.490 e. The lowest BCUT2D eigenvalue weighted by Gasteiger charge is -2.08. The first-order valence-corrected chi connectivity index (χ1v) is 10.5. The molecule has 0 atom stereocenters. The summed E-state index contributed by atoms with van der Waals surface area (Å²) >= 11 is 0. The molecule has 0 saturated carbocycles. The predicted molar refractivity (Wildman–Crippen MR) is 105 cm³/mol. The van der Waals surface area contributed by atoms with Gasteiger partial charge in [-0.2, -0.15) is 0 Å². The van der Waals surface area contributed by atoms with E-state index in [0.717, 1.165) is 12.0 Å². The van der Waals surface area contributed by atoms with Crippen molar-refractivity contribution in [1.82, 2.24) is 0 Å². The van der Waals surface area contributed by atoms with Gasteiger partial charge in [0.25, 0.3) is 0 Å². The van der Waals surface area contributed by atoms with Crippen molar-refractivity contribution in [3.63, 3.8) is 0 Å². The van der Waals surface area contributed by atoms with E-state index in [1.807, 2.05) is 6.07 Å². The number of ether oxygens (including phenoxy) is 4. The van der Waals surface area contributed by atoms with Crippen molar-refractivity contribution in [2.75, 3.05) is 26.4 Å². The third kappa shape index (κ3) is 6.23. The summed E-state index contributed by atoms with van der Waals surface area (Å²) in [7, 11) is -3.74. The van der Waals surface area contributed by atoms with Crippen molar-refractivity contribution in [2.24, 2.45) is 5.14 Å². The molecule has 3 rings (SSSR count). The molecule has 0 amide bonds. The second-order valence-corrected chi connectivity index (χ2v) is 7.68. The number of rotatable bonds is 7. The summed E-state index contributed by atoms with van der Waals surface area (Å²) in [6.45, 7) is 1.37. The van der Waals surface area contributed by atoms with Gasteiger partial charge < -0.3 is 18.9 Å². The van der Waals surface area contributed by atoms with Crippen LogP contribution in [0.25, 0.3) is 6.08 Å². The van der Waals surface area contributed by atoms with Gasteiger partial charge in [-0.15, -0.1) is 0 Å². The maximum Gasteiger partial charge on any atom is 0.330 e. The highest BCUT2D eigenvalue weighted by Crippen LogP contribution is 2.30. The van der Waals surface area contributed by atoms with Crippen LogP contribution in [-0.2, 0) is 19.6 Å². The lowest BCUT2D eigenvalue weighted by atomic mass is 10.2. The fraction of sp³-hybridized carbons (Fsp3) is 0.250. The van der Waals surface area contributed by atoms with Gasteiger partial charge in [0.05, 0.1) is 18.1 Å². The van der Waals surface area contributed by atoms with Crippen molar-refractivity contribution in [3.8, 4) is 17.2 Å². The summed E-state index contributed by atoms with van der Waals surface area (Å²) in [6.07, 6.45) is 3.77. The quantitative estimate of drug-likeness (QED) is 0.415. The first-order chi connectivity index (χ1) is 13.9. The van der Waals surface area contributed by atoms with Crippen LogP contribution in [-0.4, -0.2) is 40.8 Å². The van der Waals surface area contributed by atoms with Gasteiger partial charge in [-0.1, -0.05) is 6.07 Å². The van der Waals surface area contributed by atoms with Crippen LogP contribution in [0.15, 0.2) is 53.4 Å². The summed E-state index contributed by atoms with van der Waals surface area (Å²) in [5.74, 6) is 1.28. The molecule has 0 radical (unpaired) electrons. The Bertz CT molecular complexity index is 984. The molecule has 2 aromatic carbocycles. The lowest BCUT2D eigenvalue weighted by molar-refractivity contribution is -0.138. The topological polar surface area (TPSA) is 114 Å². The van der Waals surface area contributed by atoms with Crippen LogP contribution in [0, 0.1) is 0 Å². The second kappa shape index (κ2) is 9.44. The third-order valence-electron chi connectivity index (χ3n) is 3.93. The third-order valence-corrected chi connectivity index (χ3v) is 4.86. The minimum atomic E-state index is -3.74. The molecule has 2 N–H and O–H groups in total. The molecular weight excluding hydrogens is 398 g/mol. The predicted octanol–water partition coefficient (Wildman–Crippen LogP) is 2.13. The second-order valence-electron chi connectivity index (χ2n) is 6.12. The summed E-state index contributed by atoms with van der Waals surface area (Å²) < 4.78 is 44.0. The molecule has 9 heteroatoms. The zero-order valence-corrected chi connectivity index (χ0v) is 16.4. The fourth-order valence-electron chi connectivity index (χ4n) is 2.52. The van der Waals surface area contributed by atoms with Crippen molar-refractivity contribution in [1.29, 1.82) is 0 Å². The minimum Gasteiger partial charge on any atom is -0.490 e. The number of carbonyl (C=O) groups is 1. The molecule has 0 aromatic heterocycles. The Hall–Kier alpha value is -3.04. The van der Waals surface area contributed by atoms with Crippen LogP contribution in [0.2, 0.25) is 0 Å². The Balaban J connectivity index is 1.43. The summed E-state index contributed by atoms with van der Waals surface area (Å²) in [4.78, 5) is 11.8. The van der Waals surface area contributed by atoms with Crippen LogP contribution >= 0.6 is 0 Å². The highest BCUT2D eigenvalue weighted by Gasteiger charge is 2.10. The molecule has 0 unspecified atom stereocenters. The molecule has 0 spiro atoms. The number of benzene rings is 2. The number of hydrogen-bond donors (Lipinski definition) is 1.